The number of hydrogen-bond acceptors (Lipinski definition) is 3. The summed E-state index contributed by atoms with van der Waals surface area (Å²) in [7, 11) is 0. The number of hydrogen-bond donors (Lipinski definition) is 1. The lowest BCUT2D eigenvalue weighted by atomic mass is 9.97. The first-order valence-corrected chi connectivity index (χ1v) is 7.87. The van der Waals surface area contributed by atoms with Crippen LogP contribution in [0.5, 0.6) is 5.75 Å². The molecule has 0 radical (unpaired) electrons. The summed E-state index contributed by atoms with van der Waals surface area (Å²) in [5.74, 6) is 1.54. The lowest BCUT2D eigenvalue weighted by Gasteiger charge is -2.20. The molecule has 1 rings (SSSR count). The molecule has 0 amide bonds. The molecule has 0 aliphatic heterocycles. The van der Waals surface area contributed by atoms with E-state index in [1.54, 1.807) is 0 Å². The fourth-order valence-corrected chi connectivity index (χ4v) is 2.16. The first kappa shape index (κ1) is 17.7. The molecule has 21 heavy (non-hydrogen) atoms. The summed E-state index contributed by atoms with van der Waals surface area (Å²) < 4.78 is 6.00. The van der Waals surface area contributed by atoms with E-state index in [0.29, 0.717) is 18.4 Å². The number of rotatable bonds is 7. The molecule has 3 heteroatoms. The highest BCUT2D eigenvalue weighted by Crippen LogP contribution is 2.35. The fourth-order valence-electron chi connectivity index (χ4n) is 2.16. The van der Waals surface area contributed by atoms with Crippen molar-refractivity contribution in [3.05, 3.63) is 29.1 Å². The fraction of sp³-hybridized carbons (Fsp3) is 0.611. The van der Waals surface area contributed by atoms with Gasteiger partial charge in [-0.3, -0.25) is 4.98 Å². The molecule has 0 fully saturated rings. The van der Waals surface area contributed by atoms with Crippen molar-refractivity contribution < 1.29 is 9.84 Å². The zero-order valence-electron chi connectivity index (χ0n) is 14.2. The zero-order valence-corrected chi connectivity index (χ0v) is 14.2. The maximum atomic E-state index is 9.19. The predicted octanol–water partition coefficient (Wildman–Crippen LogP) is 4.51. The SMILES string of the molecule is CCCOc1c(C(C)=CCO)cc(C(C)C)nc1C(C)C. The zero-order chi connectivity index (χ0) is 16.0. The van der Waals surface area contributed by atoms with E-state index in [4.69, 9.17) is 9.72 Å². The van der Waals surface area contributed by atoms with Gasteiger partial charge in [0, 0.05) is 11.3 Å². The van der Waals surface area contributed by atoms with Gasteiger partial charge in [0.05, 0.1) is 18.9 Å². The lowest BCUT2D eigenvalue weighted by molar-refractivity contribution is 0.309. The molecule has 0 saturated heterocycles. The minimum absolute atomic E-state index is 0.0371. The van der Waals surface area contributed by atoms with Gasteiger partial charge in [-0.05, 0) is 36.8 Å². The van der Waals surface area contributed by atoms with Crippen LogP contribution in [-0.4, -0.2) is 23.3 Å². The summed E-state index contributed by atoms with van der Waals surface area (Å²) in [5, 5.41) is 9.19. The Morgan fingerprint density at radius 3 is 2.43 bits per heavy atom. The van der Waals surface area contributed by atoms with Crippen molar-refractivity contribution in [2.45, 2.75) is 59.8 Å². The Kier molecular flexibility index (Phi) is 6.90. The summed E-state index contributed by atoms with van der Waals surface area (Å²) in [6.07, 6.45) is 2.79. The molecular weight excluding hydrogens is 262 g/mol. The van der Waals surface area contributed by atoms with E-state index in [0.717, 1.165) is 34.7 Å². The van der Waals surface area contributed by atoms with Gasteiger partial charge in [-0.15, -0.1) is 0 Å². The van der Waals surface area contributed by atoms with Crippen LogP contribution in [-0.2, 0) is 0 Å². The second kappa shape index (κ2) is 8.18. The molecular formula is C18H29NO2. The van der Waals surface area contributed by atoms with Crippen LogP contribution < -0.4 is 4.74 Å². The number of aromatic nitrogens is 1. The number of pyridine rings is 1. The van der Waals surface area contributed by atoms with Gasteiger partial charge in [0.2, 0.25) is 0 Å². The molecule has 3 nitrogen and oxygen atoms in total. The minimum atomic E-state index is 0.0371. The molecule has 0 bridgehead atoms. The Hall–Kier alpha value is -1.35. The van der Waals surface area contributed by atoms with Crippen molar-refractivity contribution in [1.29, 1.82) is 0 Å². The highest BCUT2D eigenvalue weighted by Gasteiger charge is 2.18. The topological polar surface area (TPSA) is 42.4 Å². The van der Waals surface area contributed by atoms with Gasteiger partial charge >= 0.3 is 0 Å². The van der Waals surface area contributed by atoms with Gasteiger partial charge in [0.15, 0.2) is 0 Å². The molecule has 0 unspecified atom stereocenters. The van der Waals surface area contributed by atoms with Crippen molar-refractivity contribution >= 4 is 5.57 Å². The van der Waals surface area contributed by atoms with Crippen molar-refractivity contribution in [3.8, 4) is 5.75 Å². The normalized spacial score (nSPS) is 12.3. The van der Waals surface area contributed by atoms with Crippen LogP contribution >= 0.6 is 0 Å². The average molecular weight is 291 g/mol. The van der Waals surface area contributed by atoms with Gasteiger partial charge in [-0.25, -0.2) is 0 Å². The van der Waals surface area contributed by atoms with E-state index in [2.05, 4.69) is 40.7 Å². The lowest BCUT2D eigenvalue weighted by Crippen LogP contribution is -2.08. The molecule has 0 spiro atoms. The van der Waals surface area contributed by atoms with Crippen LogP contribution in [0.4, 0.5) is 0 Å². The smallest absolute Gasteiger partial charge is 0.148 e. The summed E-state index contributed by atoms with van der Waals surface area (Å²) in [4.78, 5) is 4.81. The van der Waals surface area contributed by atoms with E-state index in [1.807, 2.05) is 13.0 Å². The highest BCUT2D eigenvalue weighted by molar-refractivity contribution is 5.70. The first-order valence-electron chi connectivity index (χ1n) is 7.87. The standard InChI is InChI=1S/C18H29NO2/c1-7-10-21-18-15(14(6)8-9-20)11-16(12(2)3)19-17(18)13(4)5/h8,11-13,20H,7,9-10H2,1-6H3. The van der Waals surface area contributed by atoms with E-state index >= 15 is 0 Å². The summed E-state index contributed by atoms with van der Waals surface area (Å²) in [6.45, 7) is 13.4. The maximum Gasteiger partial charge on any atom is 0.148 e. The van der Waals surface area contributed by atoms with Crippen molar-refractivity contribution in [2.75, 3.05) is 13.2 Å². The van der Waals surface area contributed by atoms with Gasteiger partial charge in [0.1, 0.15) is 5.75 Å². The monoisotopic (exact) mass is 291 g/mol. The van der Waals surface area contributed by atoms with E-state index in [-0.39, 0.29) is 6.61 Å². The number of ether oxygens (including phenoxy) is 1. The maximum absolute atomic E-state index is 9.19. The van der Waals surface area contributed by atoms with Crippen molar-refractivity contribution in [1.82, 2.24) is 4.98 Å². The number of aliphatic hydroxyl groups is 1. The first-order chi connectivity index (χ1) is 9.92. The highest BCUT2D eigenvalue weighted by atomic mass is 16.5. The van der Waals surface area contributed by atoms with Gasteiger partial charge in [-0.1, -0.05) is 40.7 Å². The number of aliphatic hydroxyl groups excluding tert-OH is 1. The molecule has 0 aromatic carbocycles. The molecule has 1 heterocycles. The van der Waals surface area contributed by atoms with Crippen molar-refractivity contribution in [2.24, 2.45) is 0 Å². The molecule has 0 saturated carbocycles. The van der Waals surface area contributed by atoms with Gasteiger partial charge in [-0.2, -0.15) is 0 Å². The van der Waals surface area contributed by atoms with Crippen LogP contribution in [0.15, 0.2) is 12.1 Å². The Bertz CT molecular complexity index is 490. The Balaban J connectivity index is 3.49. The van der Waals surface area contributed by atoms with E-state index in [9.17, 15) is 5.11 Å². The van der Waals surface area contributed by atoms with Crippen LogP contribution in [0.2, 0.25) is 0 Å². The van der Waals surface area contributed by atoms with Gasteiger partial charge < -0.3 is 9.84 Å². The Morgan fingerprint density at radius 1 is 1.29 bits per heavy atom. The summed E-state index contributed by atoms with van der Waals surface area (Å²) >= 11 is 0. The van der Waals surface area contributed by atoms with Crippen LogP contribution in [0.1, 0.15) is 76.8 Å². The van der Waals surface area contributed by atoms with Crippen LogP contribution in [0.3, 0.4) is 0 Å². The summed E-state index contributed by atoms with van der Waals surface area (Å²) in [5.41, 5.74) is 4.17. The quantitative estimate of drug-likeness (QED) is 0.803. The number of nitrogens with zero attached hydrogens (tertiary/aromatic N) is 1. The van der Waals surface area contributed by atoms with Crippen LogP contribution in [0.25, 0.3) is 5.57 Å². The third kappa shape index (κ3) is 4.57. The van der Waals surface area contributed by atoms with E-state index < -0.39 is 0 Å². The molecule has 118 valence electrons. The van der Waals surface area contributed by atoms with Gasteiger partial charge in [0.25, 0.3) is 0 Å². The molecule has 1 aromatic rings. The molecule has 0 aliphatic rings. The van der Waals surface area contributed by atoms with Crippen molar-refractivity contribution in [3.63, 3.8) is 0 Å². The molecule has 0 aliphatic carbocycles. The molecule has 0 atom stereocenters. The predicted molar refractivity (Wildman–Crippen MR) is 88.9 cm³/mol. The average Bonchev–Trinajstić information content (AvgIpc) is 2.44. The Labute approximate surface area is 129 Å². The third-order valence-corrected chi connectivity index (χ3v) is 3.43. The number of allylic oxidation sites excluding steroid dienone is 1. The Morgan fingerprint density at radius 2 is 1.95 bits per heavy atom. The third-order valence-electron chi connectivity index (χ3n) is 3.43. The summed E-state index contributed by atoms with van der Waals surface area (Å²) in [6, 6.07) is 2.10. The second-order valence-corrected chi connectivity index (χ2v) is 6.04. The second-order valence-electron chi connectivity index (χ2n) is 6.04. The minimum Gasteiger partial charge on any atom is -0.491 e. The molecule has 1 N–H and O–H groups in total. The van der Waals surface area contributed by atoms with E-state index in [1.165, 1.54) is 0 Å². The molecule has 1 aromatic heterocycles. The largest absolute Gasteiger partial charge is 0.491 e. The van der Waals surface area contributed by atoms with Crippen LogP contribution in [0, 0.1) is 0 Å².